The highest BCUT2D eigenvalue weighted by Crippen LogP contribution is 2.27. The molecular weight excluding hydrogens is 505 g/mol. The first-order valence-electron chi connectivity index (χ1n) is 11.7. The van der Waals surface area contributed by atoms with E-state index in [4.69, 9.17) is 11.6 Å². The van der Waals surface area contributed by atoms with Crippen LogP contribution in [0.2, 0.25) is 5.02 Å². The first-order valence-corrected chi connectivity index (χ1v) is 13.9. The quantitative estimate of drug-likeness (QED) is 0.475. The molecular formula is C26H35ClFN3O4S. The Kier molecular flexibility index (Phi) is 9.91. The van der Waals surface area contributed by atoms with Crippen molar-refractivity contribution in [2.45, 2.75) is 65.6 Å². The number of anilines is 1. The van der Waals surface area contributed by atoms with Crippen LogP contribution in [0.25, 0.3) is 0 Å². The van der Waals surface area contributed by atoms with Gasteiger partial charge >= 0.3 is 0 Å². The maximum Gasteiger partial charge on any atom is 0.242 e. The van der Waals surface area contributed by atoms with Crippen LogP contribution in [0.5, 0.6) is 0 Å². The lowest BCUT2D eigenvalue weighted by molar-refractivity contribution is -0.141. The molecule has 0 saturated carbocycles. The second-order valence-corrected chi connectivity index (χ2v) is 12.3. The summed E-state index contributed by atoms with van der Waals surface area (Å²) in [7, 11) is -3.63. The van der Waals surface area contributed by atoms with Crippen molar-refractivity contribution < 1.29 is 22.4 Å². The monoisotopic (exact) mass is 539 g/mol. The Morgan fingerprint density at radius 2 is 1.72 bits per heavy atom. The molecule has 10 heteroatoms. The average Bonchev–Trinajstić information content (AvgIpc) is 2.75. The lowest BCUT2D eigenvalue weighted by Crippen LogP contribution is -2.52. The Bertz CT molecular complexity index is 1180. The maximum absolute atomic E-state index is 13.4. The van der Waals surface area contributed by atoms with Gasteiger partial charge in [0.15, 0.2) is 0 Å². The number of aryl methyl sites for hydroxylation is 1. The summed E-state index contributed by atoms with van der Waals surface area (Å²) in [6.45, 7) is 9.15. The normalized spacial score (nSPS) is 12.7. The van der Waals surface area contributed by atoms with Crippen LogP contribution in [0, 0.1) is 12.7 Å². The lowest BCUT2D eigenvalue weighted by Gasteiger charge is -2.32. The minimum absolute atomic E-state index is 0.0139. The number of hydrogen-bond donors (Lipinski definition) is 1. The molecule has 0 bridgehead atoms. The van der Waals surface area contributed by atoms with Crippen LogP contribution in [-0.2, 0) is 26.2 Å². The van der Waals surface area contributed by atoms with Crippen molar-refractivity contribution in [1.82, 2.24) is 10.2 Å². The molecule has 0 spiro atoms. The number of benzene rings is 2. The van der Waals surface area contributed by atoms with E-state index < -0.39 is 27.4 Å². The highest BCUT2D eigenvalue weighted by atomic mass is 35.5. The molecule has 0 saturated heterocycles. The fraction of sp³-hybridized carbons (Fsp3) is 0.462. The third-order valence-electron chi connectivity index (χ3n) is 5.52. The minimum atomic E-state index is -3.63. The van der Waals surface area contributed by atoms with Crippen molar-refractivity contribution in [3.8, 4) is 0 Å². The summed E-state index contributed by atoms with van der Waals surface area (Å²) in [5.74, 6) is -1.02. The van der Waals surface area contributed by atoms with Gasteiger partial charge in [-0.25, -0.2) is 12.8 Å². The molecule has 36 heavy (non-hydrogen) atoms. The van der Waals surface area contributed by atoms with Crippen LogP contribution in [0.15, 0.2) is 42.5 Å². The van der Waals surface area contributed by atoms with Gasteiger partial charge in [-0.2, -0.15) is 0 Å². The summed E-state index contributed by atoms with van der Waals surface area (Å²) >= 11 is 6.09. The largest absolute Gasteiger partial charge is 0.350 e. The summed E-state index contributed by atoms with van der Waals surface area (Å²) in [5, 5.41) is 3.29. The van der Waals surface area contributed by atoms with Gasteiger partial charge in [0.2, 0.25) is 21.8 Å². The number of rotatable bonds is 10. The number of nitrogens with zero attached hydrogens (tertiary/aromatic N) is 2. The standard InChI is InChI=1S/C26H35ClFN3O4S/c1-18-9-12-21(27)16-23(18)31(36(6,34)35)15-7-8-24(32)30(17-20-10-13-22(28)14-11-20)19(2)25(33)29-26(3,4)5/h9-14,16,19H,7-8,15,17H2,1-6H3,(H,29,33)/t19-/m0/s1. The molecule has 0 unspecified atom stereocenters. The number of carbonyl (C=O) groups excluding carboxylic acids is 2. The number of amides is 2. The molecule has 1 atom stereocenters. The van der Waals surface area contributed by atoms with Gasteiger partial charge in [-0.3, -0.25) is 13.9 Å². The Labute approximate surface area is 218 Å². The van der Waals surface area contributed by atoms with Gasteiger partial charge in [0.05, 0.1) is 11.9 Å². The van der Waals surface area contributed by atoms with Crippen LogP contribution in [-0.4, -0.2) is 49.5 Å². The SMILES string of the molecule is Cc1ccc(Cl)cc1N(CCCC(=O)N(Cc1ccc(F)cc1)[C@@H](C)C(=O)NC(C)(C)C)S(C)(=O)=O. The molecule has 1 N–H and O–H groups in total. The van der Waals surface area contributed by atoms with Crippen LogP contribution < -0.4 is 9.62 Å². The van der Waals surface area contributed by atoms with E-state index in [0.29, 0.717) is 16.3 Å². The van der Waals surface area contributed by atoms with E-state index in [1.807, 2.05) is 20.8 Å². The van der Waals surface area contributed by atoms with Crippen molar-refractivity contribution in [1.29, 1.82) is 0 Å². The van der Waals surface area contributed by atoms with E-state index in [2.05, 4.69) is 5.32 Å². The first-order chi connectivity index (χ1) is 16.6. The number of nitrogens with one attached hydrogen (secondary N) is 1. The molecule has 2 amide bonds. The predicted molar refractivity (Wildman–Crippen MR) is 142 cm³/mol. The van der Waals surface area contributed by atoms with Crippen molar-refractivity contribution in [2.75, 3.05) is 17.1 Å². The van der Waals surface area contributed by atoms with Gasteiger partial charge in [-0.15, -0.1) is 0 Å². The van der Waals surface area contributed by atoms with Crippen LogP contribution >= 0.6 is 11.6 Å². The molecule has 0 radical (unpaired) electrons. The molecule has 0 heterocycles. The highest BCUT2D eigenvalue weighted by Gasteiger charge is 2.29. The number of sulfonamides is 1. The Balaban J connectivity index is 2.22. The Hall–Kier alpha value is -2.65. The summed E-state index contributed by atoms with van der Waals surface area (Å²) in [6.07, 6.45) is 1.35. The number of hydrogen-bond acceptors (Lipinski definition) is 4. The van der Waals surface area contributed by atoms with E-state index in [1.54, 1.807) is 44.2 Å². The molecule has 198 valence electrons. The maximum atomic E-state index is 13.4. The number of halogens is 2. The van der Waals surface area contributed by atoms with Gasteiger partial charge in [0.25, 0.3) is 0 Å². The van der Waals surface area contributed by atoms with E-state index in [-0.39, 0.29) is 37.7 Å². The summed E-state index contributed by atoms with van der Waals surface area (Å²) in [5.41, 5.74) is 1.38. The van der Waals surface area contributed by atoms with Gasteiger partial charge < -0.3 is 10.2 Å². The highest BCUT2D eigenvalue weighted by molar-refractivity contribution is 7.92. The summed E-state index contributed by atoms with van der Waals surface area (Å²) in [4.78, 5) is 27.6. The molecule has 0 aliphatic heterocycles. The molecule has 2 aromatic rings. The minimum Gasteiger partial charge on any atom is -0.350 e. The third-order valence-corrected chi connectivity index (χ3v) is 6.94. The van der Waals surface area contributed by atoms with Crippen molar-refractivity contribution >= 4 is 39.1 Å². The second kappa shape index (κ2) is 12.1. The molecule has 2 aromatic carbocycles. The fourth-order valence-corrected chi connectivity index (χ4v) is 4.86. The Morgan fingerprint density at radius 3 is 2.28 bits per heavy atom. The topological polar surface area (TPSA) is 86.8 Å². The molecule has 7 nitrogen and oxygen atoms in total. The summed E-state index contributed by atoms with van der Waals surface area (Å²) < 4.78 is 39.6. The van der Waals surface area contributed by atoms with Gasteiger partial charge in [-0.1, -0.05) is 29.8 Å². The second-order valence-electron chi connectivity index (χ2n) is 9.93. The molecule has 0 aliphatic carbocycles. The van der Waals surface area contributed by atoms with Crippen LogP contribution in [0.1, 0.15) is 51.7 Å². The molecule has 2 rings (SSSR count). The zero-order valence-corrected chi connectivity index (χ0v) is 23.2. The van der Waals surface area contributed by atoms with Crippen molar-refractivity contribution in [2.24, 2.45) is 0 Å². The molecule has 0 aliphatic rings. The Morgan fingerprint density at radius 1 is 1.11 bits per heavy atom. The van der Waals surface area contributed by atoms with E-state index >= 15 is 0 Å². The fourth-order valence-electron chi connectivity index (χ4n) is 3.68. The molecule has 0 fully saturated rings. The van der Waals surface area contributed by atoms with Gasteiger partial charge in [-0.05, 0) is 76.4 Å². The lowest BCUT2D eigenvalue weighted by atomic mass is 10.1. The van der Waals surface area contributed by atoms with Crippen LogP contribution in [0.4, 0.5) is 10.1 Å². The zero-order valence-electron chi connectivity index (χ0n) is 21.6. The first kappa shape index (κ1) is 29.6. The van der Waals surface area contributed by atoms with Crippen molar-refractivity contribution in [3.63, 3.8) is 0 Å². The van der Waals surface area contributed by atoms with E-state index in [1.165, 1.54) is 21.3 Å². The number of carbonyl (C=O) groups is 2. The van der Waals surface area contributed by atoms with Crippen LogP contribution in [0.3, 0.4) is 0 Å². The van der Waals surface area contributed by atoms with Gasteiger partial charge in [0, 0.05) is 30.1 Å². The van der Waals surface area contributed by atoms with E-state index in [9.17, 15) is 22.4 Å². The van der Waals surface area contributed by atoms with Crippen molar-refractivity contribution in [3.05, 3.63) is 64.4 Å². The summed E-state index contributed by atoms with van der Waals surface area (Å²) in [6, 6.07) is 9.95. The average molecular weight is 540 g/mol. The molecule has 0 aromatic heterocycles. The van der Waals surface area contributed by atoms with Gasteiger partial charge in [0.1, 0.15) is 11.9 Å². The third kappa shape index (κ3) is 8.78. The van der Waals surface area contributed by atoms with E-state index in [0.717, 1.165) is 11.8 Å². The predicted octanol–water partition coefficient (Wildman–Crippen LogP) is 4.67. The smallest absolute Gasteiger partial charge is 0.242 e. The zero-order chi connectivity index (χ0) is 27.3.